The summed E-state index contributed by atoms with van der Waals surface area (Å²) in [4.78, 5) is 7.36. The van der Waals surface area contributed by atoms with Crippen molar-refractivity contribution in [2.45, 2.75) is 6.92 Å². The van der Waals surface area contributed by atoms with Gasteiger partial charge in [0.25, 0.3) is 0 Å². The van der Waals surface area contributed by atoms with Crippen LogP contribution in [0.3, 0.4) is 0 Å². The fourth-order valence-corrected chi connectivity index (χ4v) is 0.435. The molecule has 0 unspecified atom stereocenters. The maximum absolute atomic E-state index is 5.39. The van der Waals surface area contributed by atoms with E-state index in [1.165, 1.54) is 0 Å². The Balaban J connectivity index is 4.32. The minimum Gasteiger partial charge on any atom is -0.382 e. The van der Waals surface area contributed by atoms with Gasteiger partial charge in [0.2, 0.25) is 0 Å². The van der Waals surface area contributed by atoms with Gasteiger partial charge in [-0.3, -0.25) is 9.98 Å². The van der Waals surface area contributed by atoms with E-state index in [2.05, 4.69) is 16.7 Å². The summed E-state index contributed by atoms with van der Waals surface area (Å²) in [5, 5.41) is 0. The van der Waals surface area contributed by atoms with Crippen molar-refractivity contribution in [2.75, 3.05) is 7.05 Å². The van der Waals surface area contributed by atoms with Crippen molar-refractivity contribution in [3.8, 4) is 0 Å². The van der Waals surface area contributed by atoms with Crippen molar-refractivity contribution in [2.24, 2.45) is 15.7 Å². The summed E-state index contributed by atoms with van der Waals surface area (Å²) < 4.78 is 0. The van der Waals surface area contributed by atoms with Gasteiger partial charge in [0.15, 0.2) is 0 Å². The molecule has 0 aromatic heterocycles. The quantitative estimate of drug-likeness (QED) is 0.426. The van der Waals surface area contributed by atoms with Crippen LogP contribution in [0, 0.1) is 0 Å². The number of allylic oxidation sites excluding steroid dienone is 1. The van der Waals surface area contributed by atoms with E-state index in [-0.39, 0.29) is 0 Å². The highest BCUT2D eigenvalue weighted by Crippen LogP contribution is 1.92. The Labute approximate surface area is 55.0 Å². The predicted octanol–water partition coefficient (Wildman–Crippen LogP) is 0.578. The van der Waals surface area contributed by atoms with Gasteiger partial charge in [-0.1, -0.05) is 6.08 Å². The number of nitrogens with two attached hydrogens (primary N) is 1. The lowest BCUT2D eigenvalue weighted by Crippen LogP contribution is -2.12. The number of rotatable bonds is 2. The third kappa shape index (κ3) is 2.08. The van der Waals surface area contributed by atoms with Crippen LogP contribution in [0.5, 0.6) is 0 Å². The van der Waals surface area contributed by atoms with Crippen LogP contribution in [-0.2, 0) is 0 Å². The molecule has 50 valence electrons. The van der Waals surface area contributed by atoms with Crippen LogP contribution in [0.2, 0.25) is 0 Å². The summed E-state index contributed by atoms with van der Waals surface area (Å²) in [7, 11) is 1.62. The molecule has 3 nitrogen and oxygen atoms in total. The Kier molecular flexibility index (Phi) is 3.35. The number of nitrogens with zero attached hydrogens (tertiary/aromatic N) is 2. The molecule has 0 fully saturated rings. The van der Waals surface area contributed by atoms with Crippen LogP contribution < -0.4 is 5.73 Å². The van der Waals surface area contributed by atoms with Crippen LogP contribution in [0.4, 0.5) is 0 Å². The minimum atomic E-state index is 0.424. The molecule has 0 aliphatic heterocycles. The lowest BCUT2D eigenvalue weighted by atomic mass is 10.4. The highest BCUT2D eigenvalue weighted by atomic mass is 14.9. The fraction of sp³-hybridized carbons (Fsp3) is 0.333. The van der Waals surface area contributed by atoms with Crippen LogP contribution in [-0.4, -0.2) is 19.6 Å². The van der Waals surface area contributed by atoms with Gasteiger partial charge in [0.05, 0.1) is 5.70 Å². The first-order valence-corrected chi connectivity index (χ1v) is 2.62. The van der Waals surface area contributed by atoms with Crippen molar-refractivity contribution in [3.05, 3.63) is 11.8 Å². The lowest BCUT2D eigenvalue weighted by molar-refractivity contribution is 1.33. The van der Waals surface area contributed by atoms with E-state index in [0.717, 1.165) is 0 Å². The SMILES string of the molecule is C=N/C(=C\C)C(N)=NC. The number of hydrogen-bond acceptors (Lipinski definition) is 2. The Morgan fingerprint density at radius 2 is 2.22 bits per heavy atom. The van der Waals surface area contributed by atoms with Crippen molar-refractivity contribution in [1.82, 2.24) is 0 Å². The molecule has 2 N–H and O–H groups in total. The number of hydrogen-bond donors (Lipinski definition) is 1. The summed E-state index contributed by atoms with van der Waals surface area (Å²) in [5.41, 5.74) is 6.02. The molecule has 0 aromatic rings. The summed E-state index contributed by atoms with van der Waals surface area (Å²) in [5.74, 6) is 0.424. The normalized spacial score (nSPS) is 13.6. The van der Waals surface area contributed by atoms with E-state index in [4.69, 9.17) is 5.73 Å². The molecule has 0 aliphatic carbocycles. The van der Waals surface area contributed by atoms with E-state index < -0.39 is 0 Å². The molecule has 0 saturated carbocycles. The van der Waals surface area contributed by atoms with E-state index in [0.29, 0.717) is 11.5 Å². The van der Waals surface area contributed by atoms with E-state index in [1.807, 2.05) is 6.92 Å². The maximum Gasteiger partial charge on any atom is 0.143 e. The predicted molar refractivity (Wildman–Crippen MR) is 40.9 cm³/mol. The van der Waals surface area contributed by atoms with Gasteiger partial charge in [-0.2, -0.15) is 0 Å². The Bertz CT molecular complexity index is 156. The molecular formula is C6H11N3. The van der Waals surface area contributed by atoms with Crippen molar-refractivity contribution in [3.63, 3.8) is 0 Å². The van der Waals surface area contributed by atoms with Gasteiger partial charge in [-0.25, -0.2) is 0 Å². The molecule has 0 bridgehead atoms. The second-order valence-corrected chi connectivity index (χ2v) is 1.44. The highest BCUT2D eigenvalue weighted by Gasteiger charge is 1.92. The fourth-order valence-electron chi connectivity index (χ4n) is 0.435. The summed E-state index contributed by atoms with van der Waals surface area (Å²) in [6.45, 7) is 5.16. The monoisotopic (exact) mass is 125 g/mol. The van der Waals surface area contributed by atoms with Crippen LogP contribution in [0.15, 0.2) is 21.8 Å². The van der Waals surface area contributed by atoms with E-state index in [9.17, 15) is 0 Å². The molecule has 0 saturated heterocycles. The Morgan fingerprint density at radius 3 is 2.33 bits per heavy atom. The van der Waals surface area contributed by atoms with E-state index in [1.54, 1.807) is 13.1 Å². The van der Waals surface area contributed by atoms with Gasteiger partial charge < -0.3 is 5.73 Å². The largest absolute Gasteiger partial charge is 0.382 e. The summed E-state index contributed by atoms with van der Waals surface area (Å²) in [6, 6.07) is 0. The molecule has 0 aromatic carbocycles. The Hall–Kier alpha value is -1.12. The molecule has 9 heavy (non-hydrogen) atoms. The van der Waals surface area contributed by atoms with Crippen molar-refractivity contribution >= 4 is 12.6 Å². The average molecular weight is 125 g/mol. The average Bonchev–Trinajstić information content (AvgIpc) is 1.90. The van der Waals surface area contributed by atoms with Gasteiger partial charge in [-0.15, -0.1) is 0 Å². The minimum absolute atomic E-state index is 0.424. The van der Waals surface area contributed by atoms with Gasteiger partial charge in [-0.05, 0) is 13.6 Å². The second kappa shape index (κ2) is 3.83. The van der Waals surface area contributed by atoms with Crippen LogP contribution in [0.25, 0.3) is 0 Å². The highest BCUT2D eigenvalue weighted by molar-refractivity contribution is 5.96. The lowest BCUT2D eigenvalue weighted by Gasteiger charge is -1.94. The zero-order valence-electron chi connectivity index (χ0n) is 5.76. The zero-order valence-corrected chi connectivity index (χ0v) is 5.76. The molecule has 0 radical (unpaired) electrons. The van der Waals surface area contributed by atoms with Gasteiger partial charge in [0.1, 0.15) is 5.84 Å². The Morgan fingerprint density at radius 1 is 1.67 bits per heavy atom. The standard InChI is InChI=1S/C6H11N3/c1-4-5(8-2)6(7)9-3/h4H,2H2,1,3H3,(H2,7,9)/b5-4-. The third-order valence-corrected chi connectivity index (χ3v) is 0.947. The second-order valence-electron chi connectivity index (χ2n) is 1.44. The molecule has 0 aliphatic rings. The molecular weight excluding hydrogens is 114 g/mol. The molecule has 3 heteroatoms. The first-order chi connectivity index (χ1) is 4.26. The maximum atomic E-state index is 5.39. The molecule has 0 atom stereocenters. The van der Waals surface area contributed by atoms with Crippen LogP contribution in [0.1, 0.15) is 6.92 Å². The smallest absolute Gasteiger partial charge is 0.143 e. The molecule has 0 rings (SSSR count). The third-order valence-electron chi connectivity index (χ3n) is 0.947. The summed E-state index contributed by atoms with van der Waals surface area (Å²) >= 11 is 0. The van der Waals surface area contributed by atoms with Crippen LogP contribution >= 0.6 is 0 Å². The number of aliphatic imine (C=N–C) groups is 2. The molecule has 0 heterocycles. The zero-order chi connectivity index (χ0) is 7.28. The van der Waals surface area contributed by atoms with E-state index >= 15 is 0 Å². The van der Waals surface area contributed by atoms with Gasteiger partial charge >= 0.3 is 0 Å². The topological polar surface area (TPSA) is 50.7 Å². The first-order valence-electron chi connectivity index (χ1n) is 2.62. The van der Waals surface area contributed by atoms with Gasteiger partial charge in [0, 0.05) is 7.05 Å². The molecule has 0 amide bonds. The number of amidine groups is 1. The summed E-state index contributed by atoms with van der Waals surface area (Å²) in [6.07, 6.45) is 1.76. The first kappa shape index (κ1) is 7.88. The van der Waals surface area contributed by atoms with Crippen molar-refractivity contribution < 1.29 is 0 Å². The van der Waals surface area contributed by atoms with Crippen molar-refractivity contribution in [1.29, 1.82) is 0 Å². The molecule has 0 spiro atoms.